The zero-order valence-electron chi connectivity index (χ0n) is 8.69. The second kappa shape index (κ2) is 5.96. The number of nitrogens with zero attached hydrogens (tertiary/aromatic N) is 1. The van der Waals surface area contributed by atoms with E-state index >= 15 is 0 Å². The highest BCUT2D eigenvalue weighted by Gasteiger charge is 2.03. The molecule has 0 saturated carbocycles. The van der Waals surface area contributed by atoms with Gasteiger partial charge in [0, 0.05) is 18.0 Å². The van der Waals surface area contributed by atoms with Crippen molar-refractivity contribution < 1.29 is 9.59 Å². The average Bonchev–Trinajstić information content (AvgIpc) is 2.25. The van der Waals surface area contributed by atoms with Crippen molar-refractivity contribution in [1.82, 2.24) is 15.8 Å². The summed E-state index contributed by atoms with van der Waals surface area (Å²) in [6.45, 7) is 1.32. The van der Waals surface area contributed by atoms with E-state index in [2.05, 4.69) is 15.8 Å². The number of carbonyl (C=O) groups is 2. The van der Waals surface area contributed by atoms with Crippen molar-refractivity contribution in [2.24, 2.45) is 0 Å². The molecule has 0 atom stereocenters. The summed E-state index contributed by atoms with van der Waals surface area (Å²) in [7, 11) is 0. The molecule has 7 heteroatoms. The largest absolute Gasteiger partial charge is 0.384 e. The second-order valence-corrected chi connectivity index (χ2v) is 3.99. The van der Waals surface area contributed by atoms with Crippen molar-refractivity contribution in [2.45, 2.75) is 11.8 Å². The number of anilines is 1. The van der Waals surface area contributed by atoms with E-state index in [1.165, 1.54) is 18.7 Å². The smallest absolute Gasteiger partial charge is 0.248 e. The fourth-order valence-corrected chi connectivity index (χ4v) is 1.48. The lowest BCUT2D eigenvalue weighted by atomic mass is 10.5. The Morgan fingerprint density at radius 2 is 2.19 bits per heavy atom. The number of hydrazine groups is 1. The van der Waals surface area contributed by atoms with Crippen LogP contribution in [0.5, 0.6) is 0 Å². The van der Waals surface area contributed by atoms with Crippen LogP contribution < -0.4 is 16.6 Å². The van der Waals surface area contributed by atoms with Crippen molar-refractivity contribution in [3.8, 4) is 0 Å². The zero-order chi connectivity index (χ0) is 12.0. The number of thioether (sulfide) groups is 1. The minimum absolute atomic E-state index is 0.200. The normalized spacial score (nSPS) is 9.56. The summed E-state index contributed by atoms with van der Waals surface area (Å²) in [5.74, 6) is 0.0443. The van der Waals surface area contributed by atoms with Gasteiger partial charge in [-0.2, -0.15) is 0 Å². The number of aromatic nitrogens is 1. The van der Waals surface area contributed by atoms with E-state index in [4.69, 9.17) is 5.73 Å². The van der Waals surface area contributed by atoms with Crippen LogP contribution in [-0.4, -0.2) is 22.6 Å². The third-order valence-corrected chi connectivity index (χ3v) is 2.49. The standard InChI is InChI=1S/C9H12N4O2S/c1-6(14)12-13-9(15)5-16-7-2-3-8(10)11-4-7/h2-4H,5H2,1H3,(H2,10,11)(H,12,14)(H,13,15). The molecule has 6 nitrogen and oxygen atoms in total. The average molecular weight is 240 g/mol. The lowest BCUT2D eigenvalue weighted by molar-refractivity contribution is -0.126. The maximum absolute atomic E-state index is 11.2. The Labute approximate surface area is 97.0 Å². The van der Waals surface area contributed by atoms with Crippen molar-refractivity contribution in [3.63, 3.8) is 0 Å². The van der Waals surface area contributed by atoms with Crippen LogP contribution in [0.15, 0.2) is 23.2 Å². The number of rotatable bonds is 3. The number of nitrogen functional groups attached to an aromatic ring is 1. The third-order valence-electron chi connectivity index (χ3n) is 1.51. The van der Waals surface area contributed by atoms with Gasteiger partial charge < -0.3 is 5.73 Å². The molecule has 0 bridgehead atoms. The first kappa shape index (κ1) is 12.3. The summed E-state index contributed by atoms with van der Waals surface area (Å²) in [4.78, 5) is 26.4. The fraction of sp³-hybridized carbons (Fsp3) is 0.222. The van der Waals surface area contributed by atoms with Gasteiger partial charge in [0.1, 0.15) is 5.82 Å². The summed E-state index contributed by atoms with van der Waals surface area (Å²) >= 11 is 1.31. The molecule has 1 rings (SSSR count). The lowest BCUT2D eigenvalue weighted by Gasteiger charge is -2.04. The van der Waals surface area contributed by atoms with Crippen LogP contribution in [0.4, 0.5) is 5.82 Å². The first-order valence-corrected chi connectivity index (χ1v) is 5.46. The van der Waals surface area contributed by atoms with Gasteiger partial charge in [-0.3, -0.25) is 20.4 Å². The van der Waals surface area contributed by atoms with E-state index in [0.717, 1.165) is 4.90 Å². The van der Waals surface area contributed by atoms with Crippen LogP contribution in [0.1, 0.15) is 6.92 Å². The SMILES string of the molecule is CC(=O)NNC(=O)CSc1ccc(N)nc1. The quantitative estimate of drug-likeness (QED) is 0.507. The van der Waals surface area contributed by atoms with E-state index in [1.54, 1.807) is 18.3 Å². The number of hydrogen-bond donors (Lipinski definition) is 3. The zero-order valence-corrected chi connectivity index (χ0v) is 9.50. The van der Waals surface area contributed by atoms with E-state index in [1.807, 2.05) is 0 Å². The molecule has 0 saturated heterocycles. The van der Waals surface area contributed by atoms with E-state index in [9.17, 15) is 9.59 Å². The number of amides is 2. The predicted octanol–water partition coefficient (Wildman–Crippen LogP) is -0.0768. The molecule has 16 heavy (non-hydrogen) atoms. The number of pyridine rings is 1. The Kier molecular flexibility index (Phi) is 4.59. The van der Waals surface area contributed by atoms with Gasteiger partial charge in [0.25, 0.3) is 0 Å². The second-order valence-electron chi connectivity index (χ2n) is 2.94. The van der Waals surface area contributed by atoms with Gasteiger partial charge in [-0.25, -0.2) is 4.98 Å². The van der Waals surface area contributed by atoms with Crippen LogP contribution in [0.2, 0.25) is 0 Å². The molecular formula is C9H12N4O2S. The molecule has 1 heterocycles. The lowest BCUT2D eigenvalue weighted by Crippen LogP contribution is -2.41. The van der Waals surface area contributed by atoms with Gasteiger partial charge in [0.2, 0.25) is 11.8 Å². The predicted molar refractivity (Wildman–Crippen MR) is 61.3 cm³/mol. The van der Waals surface area contributed by atoms with Crippen molar-refractivity contribution in [3.05, 3.63) is 18.3 Å². The summed E-state index contributed by atoms with van der Waals surface area (Å²) in [5.41, 5.74) is 9.88. The van der Waals surface area contributed by atoms with Gasteiger partial charge in [0.15, 0.2) is 0 Å². The number of hydrogen-bond acceptors (Lipinski definition) is 5. The minimum atomic E-state index is -0.312. The van der Waals surface area contributed by atoms with Gasteiger partial charge in [-0.1, -0.05) is 0 Å². The molecule has 1 aromatic rings. The molecule has 0 radical (unpaired) electrons. The summed E-state index contributed by atoms with van der Waals surface area (Å²) in [6.07, 6.45) is 1.59. The molecule has 0 aliphatic heterocycles. The summed E-state index contributed by atoms with van der Waals surface area (Å²) in [6, 6.07) is 3.44. The Hall–Kier alpha value is -1.76. The third kappa shape index (κ3) is 4.65. The molecule has 86 valence electrons. The van der Waals surface area contributed by atoms with Crippen LogP contribution in [0, 0.1) is 0 Å². The van der Waals surface area contributed by atoms with Crippen molar-refractivity contribution in [1.29, 1.82) is 0 Å². The first-order valence-electron chi connectivity index (χ1n) is 4.47. The highest BCUT2D eigenvalue weighted by Crippen LogP contribution is 2.16. The first-order chi connectivity index (χ1) is 7.58. The van der Waals surface area contributed by atoms with E-state index < -0.39 is 0 Å². The van der Waals surface area contributed by atoms with Crippen molar-refractivity contribution in [2.75, 3.05) is 11.5 Å². The molecule has 0 aromatic carbocycles. The molecule has 0 fully saturated rings. The molecular weight excluding hydrogens is 228 g/mol. The van der Waals surface area contributed by atoms with Crippen LogP contribution in [-0.2, 0) is 9.59 Å². The monoisotopic (exact) mass is 240 g/mol. The molecule has 2 amide bonds. The fourth-order valence-electron chi connectivity index (χ4n) is 0.820. The van der Waals surface area contributed by atoms with E-state index in [-0.39, 0.29) is 17.6 Å². The number of carbonyl (C=O) groups excluding carboxylic acids is 2. The Balaban J connectivity index is 2.31. The van der Waals surface area contributed by atoms with Crippen LogP contribution in [0.25, 0.3) is 0 Å². The molecule has 1 aromatic heterocycles. The Bertz CT molecular complexity index is 380. The van der Waals surface area contributed by atoms with Gasteiger partial charge in [0.05, 0.1) is 5.75 Å². The minimum Gasteiger partial charge on any atom is -0.384 e. The molecule has 0 aliphatic carbocycles. The van der Waals surface area contributed by atoms with Gasteiger partial charge in [-0.15, -0.1) is 11.8 Å². The topological polar surface area (TPSA) is 97.1 Å². The molecule has 0 aliphatic rings. The Morgan fingerprint density at radius 1 is 1.44 bits per heavy atom. The van der Waals surface area contributed by atoms with Crippen LogP contribution in [0.3, 0.4) is 0 Å². The van der Waals surface area contributed by atoms with E-state index in [0.29, 0.717) is 5.82 Å². The van der Waals surface area contributed by atoms with Crippen LogP contribution >= 0.6 is 11.8 Å². The molecule has 0 spiro atoms. The number of nitrogens with one attached hydrogen (secondary N) is 2. The summed E-state index contributed by atoms with van der Waals surface area (Å²) in [5, 5.41) is 0. The molecule has 4 N–H and O–H groups in total. The Morgan fingerprint density at radius 3 is 2.75 bits per heavy atom. The van der Waals surface area contributed by atoms with Gasteiger partial charge >= 0.3 is 0 Å². The molecule has 0 unspecified atom stereocenters. The maximum atomic E-state index is 11.2. The van der Waals surface area contributed by atoms with Crippen molar-refractivity contribution >= 4 is 29.4 Å². The highest BCUT2D eigenvalue weighted by atomic mass is 32.2. The summed E-state index contributed by atoms with van der Waals surface area (Å²) < 4.78 is 0. The number of nitrogens with two attached hydrogens (primary N) is 1. The van der Waals surface area contributed by atoms with Gasteiger partial charge in [-0.05, 0) is 12.1 Å². The maximum Gasteiger partial charge on any atom is 0.248 e. The highest BCUT2D eigenvalue weighted by molar-refractivity contribution is 8.00.